The van der Waals surface area contributed by atoms with E-state index in [9.17, 15) is 8.42 Å². The van der Waals surface area contributed by atoms with Crippen molar-refractivity contribution >= 4 is 33.3 Å². The van der Waals surface area contributed by atoms with Gasteiger partial charge >= 0.3 is 10.2 Å². The van der Waals surface area contributed by atoms with Crippen molar-refractivity contribution in [3.8, 4) is 11.1 Å². The average Bonchev–Trinajstić information content (AvgIpc) is 2.58. The predicted molar refractivity (Wildman–Crippen MR) is 105 cm³/mol. The van der Waals surface area contributed by atoms with E-state index < -0.39 is 10.2 Å². The summed E-state index contributed by atoms with van der Waals surface area (Å²) >= 11 is 6.20. The number of anilines is 2. The van der Waals surface area contributed by atoms with Gasteiger partial charge in [-0.15, -0.1) is 0 Å². The molecule has 0 spiro atoms. The summed E-state index contributed by atoms with van der Waals surface area (Å²) < 4.78 is 29.8. The van der Waals surface area contributed by atoms with E-state index in [1.807, 2.05) is 50.2 Å². The van der Waals surface area contributed by atoms with Crippen LogP contribution < -0.4 is 9.44 Å². The Kier molecular flexibility index (Phi) is 5.11. The molecular weight excluding hydrogens is 372 g/mol. The molecule has 0 atom stereocenters. The van der Waals surface area contributed by atoms with Gasteiger partial charge in [0, 0.05) is 0 Å². The van der Waals surface area contributed by atoms with Crippen LogP contribution in [0.4, 0.5) is 11.5 Å². The Morgan fingerprint density at radius 2 is 1.42 bits per heavy atom. The molecule has 0 unspecified atom stereocenters. The normalized spacial score (nSPS) is 11.2. The van der Waals surface area contributed by atoms with E-state index in [-0.39, 0.29) is 11.0 Å². The zero-order valence-corrected chi connectivity index (χ0v) is 15.8. The third kappa shape index (κ3) is 4.30. The summed E-state index contributed by atoms with van der Waals surface area (Å²) in [4.78, 5) is 8.01. The number of benzene rings is 2. The third-order valence-electron chi connectivity index (χ3n) is 3.68. The molecule has 8 heteroatoms. The average molecular weight is 389 g/mol. The van der Waals surface area contributed by atoms with Crippen LogP contribution in [0.2, 0.25) is 5.15 Å². The van der Waals surface area contributed by atoms with E-state index in [0.717, 1.165) is 11.1 Å². The molecule has 0 amide bonds. The number of halogens is 1. The highest BCUT2D eigenvalue weighted by Gasteiger charge is 2.18. The van der Waals surface area contributed by atoms with Gasteiger partial charge in [-0.3, -0.25) is 4.72 Å². The Labute approximate surface area is 157 Å². The van der Waals surface area contributed by atoms with Crippen LogP contribution in [0, 0.1) is 13.8 Å². The predicted octanol–water partition coefficient (Wildman–Crippen LogP) is 4.18. The van der Waals surface area contributed by atoms with E-state index in [4.69, 9.17) is 11.6 Å². The lowest BCUT2D eigenvalue weighted by atomic mass is 10.1. The summed E-state index contributed by atoms with van der Waals surface area (Å²) in [6, 6.07) is 14.5. The summed E-state index contributed by atoms with van der Waals surface area (Å²) in [7, 11) is -3.90. The molecule has 0 aliphatic rings. The molecule has 2 aromatic carbocycles. The molecule has 1 aromatic heterocycles. The van der Waals surface area contributed by atoms with Gasteiger partial charge in [-0.05, 0) is 31.5 Å². The van der Waals surface area contributed by atoms with Crippen molar-refractivity contribution in [2.45, 2.75) is 13.8 Å². The SMILES string of the molecule is Cc1ccc(NS(=O)(=O)Nc2ncnc(Cl)c2-c2ccc(C)cc2)cc1. The molecule has 2 N–H and O–H groups in total. The highest BCUT2D eigenvalue weighted by atomic mass is 35.5. The van der Waals surface area contributed by atoms with Crippen molar-refractivity contribution in [2.75, 3.05) is 9.44 Å². The first-order valence-corrected chi connectivity index (χ1v) is 9.65. The van der Waals surface area contributed by atoms with Crippen molar-refractivity contribution in [1.82, 2.24) is 9.97 Å². The van der Waals surface area contributed by atoms with E-state index >= 15 is 0 Å². The molecule has 6 nitrogen and oxygen atoms in total. The minimum atomic E-state index is -3.90. The van der Waals surface area contributed by atoms with Crippen LogP contribution in [0.5, 0.6) is 0 Å². The molecule has 0 saturated carbocycles. The second kappa shape index (κ2) is 7.31. The molecule has 26 heavy (non-hydrogen) atoms. The van der Waals surface area contributed by atoms with Crippen molar-refractivity contribution in [3.05, 3.63) is 71.1 Å². The number of nitrogens with one attached hydrogen (secondary N) is 2. The van der Waals surface area contributed by atoms with E-state index in [1.165, 1.54) is 6.33 Å². The van der Waals surface area contributed by atoms with E-state index in [2.05, 4.69) is 19.4 Å². The summed E-state index contributed by atoms with van der Waals surface area (Å²) in [5.41, 5.74) is 3.69. The summed E-state index contributed by atoms with van der Waals surface area (Å²) in [5, 5.41) is 0.164. The first kappa shape index (κ1) is 18.2. The first-order valence-electron chi connectivity index (χ1n) is 7.79. The fraction of sp³-hybridized carbons (Fsp3) is 0.111. The lowest BCUT2D eigenvalue weighted by Crippen LogP contribution is -2.22. The third-order valence-corrected chi connectivity index (χ3v) is 4.93. The zero-order valence-electron chi connectivity index (χ0n) is 14.2. The minimum Gasteiger partial charge on any atom is -0.267 e. The maximum Gasteiger partial charge on any atom is 0.322 e. The van der Waals surface area contributed by atoms with Gasteiger partial charge < -0.3 is 0 Å². The molecule has 0 saturated heterocycles. The van der Waals surface area contributed by atoms with Crippen molar-refractivity contribution < 1.29 is 8.42 Å². The van der Waals surface area contributed by atoms with Gasteiger partial charge in [0.15, 0.2) is 5.82 Å². The molecule has 1 heterocycles. The second-order valence-corrected chi connectivity index (χ2v) is 7.60. The van der Waals surface area contributed by atoms with Crippen molar-refractivity contribution in [2.24, 2.45) is 0 Å². The lowest BCUT2D eigenvalue weighted by molar-refractivity contribution is 0.606. The van der Waals surface area contributed by atoms with Crippen LogP contribution in [0.15, 0.2) is 54.9 Å². The van der Waals surface area contributed by atoms with Crippen LogP contribution in [-0.4, -0.2) is 18.4 Å². The van der Waals surface area contributed by atoms with E-state index in [1.54, 1.807) is 12.1 Å². The number of rotatable bonds is 5. The smallest absolute Gasteiger partial charge is 0.267 e. The number of hydrogen-bond acceptors (Lipinski definition) is 4. The second-order valence-electron chi connectivity index (χ2n) is 5.83. The Hall–Kier alpha value is -2.64. The highest BCUT2D eigenvalue weighted by Crippen LogP contribution is 2.32. The van der Waals surface area contributed by atoms with Crippen molar-refractivity contribution in [1.29, 1.82) is 0 Å². The van der Waals surface area contributed by atoms with Crippen LogP contribution >= 0.6 is 11.6 Å². The minimum absolute atomic E-state index is 0.105. The largest absolute Gasteiger partial charge is 0.322 e. The van der Waals surface area contributed by atoms with Gasteiger partial charge in [0.05, 0.1) is 11.3 Å². The number of aryl methyl sites for hydroxylation is 2. The van der Waals surface area contributed by atoms with E-state index in [0.29, 0.717) is 16.8 Å². The zero-order chi connectivity index (χ0) is 18.7. The van der Waals surface area contributed by atoms with Crippen LogP contribution in [0.1, 0.15) is 11.1 Å². The van der Waals surface area contributed by atoms with Gasteiger partial charge in [0.1, 0.15) is 11.5 Å². The molecule has 134 valence electrons. The summed E-state index contributed by atoms with van der Waals surface area (Å²) in [5.74, 6) is 0.105. The van der Waals surface area contributed by atoms with Gasteiger partial charge in [0.2, 0.25) is 0 Å². The Balaban J connectivity index is 1.93. The molecule has 0 fully saturated rings. The van der Waals surface area contributed by atoms with Crippen LogP contribution in [0.25, 0.3) is 11.1 Å². The van der Waals surface area contributed by atoms with Crippen molar-refractivity contribution in [3.63, 3.8) is 0 Å². The number of nitrogens with zero attached hydrogens (tertiary/aromatic N) is 2. The molecule has 0 bridgehead atoms. The molecule has 0 aliphatic heterocycles. The molecule has 3 aromatic rings. The van der Waals surface area contributed by atoms with Gasteiger partial charge in [-0.2, -0.15) is 8.42 Å². The van der Waals surface area contributed by atoms with Crippen LogP contribution in [0.3, 0.4) is 0 Å². The lowest BCUT2D eigenvalue weighted by Gasteiger charge is -2.14. The van der Waals surface area contributed by atoms with Gasteiger partial charge in [0.25, 0.3) is 0 Å². The van der Waals surface area contributed by atoms with Crippen LogP contribution in [-0.2, 0) is 10.2 Å². The quantitative estimate of drug-likeness (QED) is 0.642. The standard InChI is InChI=1S/C18H17ClN4O2S/c1-12-3-7-14(8-4-12)16-17(19)20-11-21-18(16)23-26(24,25)22-15-9-5-13(2)6-10-15/h3-11,22H,1-2H3,(H,20,21,23). The first-order chi connectivity index (χ1) is 12.3. The monoisotopic (exact) mass is 388 g/mol. The fourth-order valence-corrected chi connectivity index (χ4v) is 3.50. The molecule has 0 aliphatic carbocycles. The Bertz CT molecular complexity index is 1020. The maximum absolute atomic E-state index is 12.5. The maximum atomic E-state index is 12.5. The molecule has 3 rings (SSSR count). The number of aromatic nitrogens is 2. The summed E-state index contributed by atoms with van der Waals surface area (Å²) in [6.45, 7) is 3.88. The Morgan fingerprint density at radius 1 is 0.846 bits per heavy atom. The summed E-state index contributed by atoms with van der Waals surface area (Å²) in [6.07, 6.45) is 1.21. The number of hydrogen-bond donors (Lipinski definition) is 2. The highest BCUT2D eigenvalue weighted by molar-refractivity contribution is 7.94. The van der Waals surface area contributed by atoms with Gasteiger partial charge in [-0.1, -0.05) is 59.1 Å². The molecular formula is C18H17ClN4O2S. The van der Waals surface area contributed by atoms with Gasteiger partial charge in [-0.25, -0.2) is 14.7 Å². The topological polar surface area (TPSA) is 84.0 Å². The molecule has 0 radical (unpaired) electrons. The Morgan fingerprint density at radius 3 is 2.04 bits per heavy atom. The fourth-order valence-electron chi connectivity index (χ4n) is 2.35.